The summed E-state index contributed by atoms with van der Waals surface area (Å²) in [4.78, 5) is 24.9. The van der Waals surface area contributed by atoms with Gasteiger partial charge in [-0.15, -0.1) is 0 Å². The van der Waals surface area contributed by atoms with Gasteiger partial charge in [0.15, 0.2) is 11.6 Å². The Morgan fingerprint density at radius 3 is 2.62 bits per heavy atom. The topological polar surface area (TPSA) is 67.2 Å². The van der Waals surface area contributed by atoms with E-state index in [0.717, 1.165) is 40.4 Å². The van der Waals surface area contributed by atoms with Gasteiger partial charge in [-0.3, -0.25) is 19.8 Å². The van der Waals surface area contributed by atoms with E-state index >= 15 is 0 Å². The third-order valence-electron chi connectivity index (χ3n) is 4.78. The lowest BCUT2D eigenvalue weighted by Gasteiger charge is -2.18. The number of carbonyl (C=O) groups is 1. The van der Waals surface area contributed by atoms with Crippen LogP contribution in [-0.2, 0) is 17.6 Å². The van der Waals surface area contributed by atoms with Crippen molar-refractivity contribution in [3.05, 3.63) is 77.9 Å². The second-order valence-electron chi connectivity index (χ2n) is 6.91. The van der Waals surface area contributed by atoms with E-state index in [-0.39, 0.29) is 5.91 Å². The minimum Gasteiger partial charge on any atom is -0.348 e. The molecule has 1 amide bonds. The van der Waals surface area contributed by atoms with E-state index in [9.17, 15) is 13.6 Å². The lowest BCUT2D eigenvalue weighted by atomic mass is 9.99. The van der Waals surface area contributed by atoms with Crippen molar-refractivity contribution in [2.45, 2.75) is 25.8 Å². The van der Waals surface area contributed by atoms with Gasteiger partial charge in [0.2, 0.25) is 5.91 Å². The number of nitrogens with one attached hydrogen (secondary N) is 1. The van der Waals surface area contributed by atoms with Crippen molar-refractivity contribution in [2.75, 3.05) is 0 Å². The molecule has 0 unspecified atom stereocenters. The summed E-state index contributed by atoms with van der Waals surface area (Å²) < 4.78 is 26.8. The lowest BCUT2D eigenvalue weighted by Crippen LogP contribution is -2.41. The summed E-state index contributed by atoms with van der Waals surface area (Å²) in [6.07, 6.45) is 6.01. The molecule has 29 heavy (non-hydrogen) atoms. The fourth-order valence-electron chi connectivity index (χ4n) is 3.38. The van der Waals surface area contributed by atoms with Crippen LogP contribution in [0, 0.1) is 11.6 Å². The lowest BCUT2D eigenvalue weighted by molar-refractivity contribution is -0.119. The van der Waals surface area contributed by atoms with Gasteiger partial charge in [0, 0.05) is 43.2 Å². The van der Waals surface area contributed by atoms with Crippen LogP contribution in [0.2, 0.25) is 0 Å². The zero-order chi connectivity index (χ0) is 20.4. The minimum atomic E-state index is -0.913. The quantitative estimate of drug-likeness (QED) is 0.718. The Balaban J connectivity index is 1.62. The van der Waals surface area contributed by atoms with Crippen LogP contribution in [0.1, 0.15) is 18.2 Å². The number of rotatable bonds is 5. The van der Waals surface area contributed by atoms with E-state index in [1.54, 1.807) is 18.6 Å². The summed E-state index contributed by atoms with van der Waals surface area (Å²) in [5.74, 6) is -2.03. The number of amides is 1. The Bertz CT molecular complexity index is 1100. The van der Waals surface area contributed by atoms with Gasteiger partial charge in [-0.2, -0.15) is 0 Å². The molecule has 0 aliphatic carbocycles. The average molecular weight is 392 g/mol. The first-order valence-corrected chi connectivity index (χ1v) is 9.17. The monoisotopic (exact) mass is 392 g/mol. The van der Waals surface area contributed by atoms with Crippen molar-refractivity contribution >= 4 is 17.3 Å². The number of pyridine rings is 2. The van der Waals surface area contributed by atoms with Gasteiger partial charge in [0.25, 0.3) is 0 Å². The fraction of sp³-hybridized carbons (Fsp3) is 0.182. The van der Waals surface area contributed by atoms with Gasteiger partial charge >= 0.3 is 0 Å². The molecule has 2 aromatic heterocycles. The Morgan fingerprint density at radius 1 is 1.10 bits per heavy atom. The molecule has 7 heteroatoms. The van der Waals surface area contributed by atoms with E-state index < -0.39 is 17.7 Å². The molecule has 0 saturated carbocycles. The van der Waals surface area contributed by atoms with Crippen molar-refractivity contribution in [3.63, 3.8) is 0 Å². The standard InChI is InChI=1S/C22H18F2N4O/c1-13(29)27-20(9-14-2-3-17(23)18(24)8-14)22-11-19-21(28-22)10-16(12-26-19)15-4-6-25-7-5-15/h2-8,10,12,20H,9,11H2,1H3,(H,27,29)/t20-/m0/s1. The van der Waals surface area contributed by atoms with Gasteiger partial charge in [-0.1, -0.05) is 6.07 Å². The predicted octanol–water partition coefficient (Wildman–Crippen LogP) is 3.80. The van der Waals surface area contributed by atoms with E-state index in [1.807, 2.05) is 18.2 Å². The molecule has 3 heterocycles. The van der Waals surface area contributed by atoms with Crippen LogP contribution in [0.3, 0.4) is 0 Å². The summed E-state index contributed by atoms with van der Waals surface area (Å²) in [5, 5.41) is 2.86. The highest BCUT2D eigenvalue weighted by molar-refractivity contribution is 5.99. The highest BCUT2D eigenvalue weighted by Gasteiger charge is 2.25. The smallest absolute Gasteiger partial charge is 0.217 e. The molecule has 0 bridgehead atoms. The maximum Gasteiger partial charge on any atom is 0.217 e. The van der Waals surface area contributed by atoms with Crippen LogP contribution < -0.4 is 5.32 Å². The molecule has 4 rings (SSSR count). The second kappa shape index (κ2) is 7.87. The summed E-state index contributed by atoms with van der Waals surface area (Å²) in [5.41, 5.74) is 4.78. The minimum absolute atomic E-state index is 0.221. The van der Waals surface area contributed by atoms with Crippen molar-refractivity contribution in [2.24, 2.45) is 4.99 Å². The number of hydrogen-bond acceptors (Lipinski definition) is 4. The number of nitrogens with zero attached hydrogens (tertiary/aromatic N) is 3. The van der Waals surface area contributed by atoms with Crippen LogP contribution in [-0.4, -0.2) is 27.6 Å². The number of aliphatic imine (C=N–C) groups is 1. The van der Waals surface area contributed by atoms with Crippen LogP contribution in [0.4, 0.5) is 14.5 Å². The van der Waals surface area contributed by atoms with E-state index in [1.165, 1.54) is 13.0 Å². The molecule has 1 aliphatic heterocycles. The molecule has 0 fully saturated rings. The van der Waals surface area contributed by atoms with E-state index in [4.69, 9.17) is 0 Å². The first-order chi connectivity index (χ1) is 14.0. The number of halogens is 2. The summed E-state index contributed by atoms with van der Waals surface area (Å²) >= 11 is 0. The normalized spacial score (nSPS) is 13.6. The summed E-state index contributed by atoms with van der Waals surface area (Å²) in [6, 6.07) is 9.05. The van der Waals surface area contributed by atoms with Gasteiger partial charge < -0.3 is 5.32 Å². The number of carbonyl (C=O) groups excluding carboxylic acids is 1. The Kier molecular flexibility index (Phi) is 5.12. The SMILES string of the molecule is CC(=O)N[C@@H](Cc1ccc(F)c(F)c1)C1=Nc2cc(-c3ccncc3)cnc2C1. The van der Waals surface area contributed by atoms with Crippen LogP contribution in [0.25, 0.3) is 11.1 Å². The number of fused-ring (bicyclic) bond motifs is 1. The van der Waals surface area contributed by atoms with E-state index in [0.29, 0.717) is 18.4 Å². The van der Waals surface area contributed by atoms with E-state index in [2.05, 4.69) is 20.3 Å². The average Bonchev–Trinajstić information content (AvgIpc) is 3.14. The Hall–Kier alpha value is -3.48. The van der Waals surface area contributed by atoms with Gasteiger partial charge in [-0.25, -0.2) is 8.78 Å². The largest absolute Gasteiger partial charge is 0.348 e. The predicted molar refractivity (Wildman–Crippen MR) is 106 cm³/mol. The molecule has 1 aromatic carbocycles. The zero-order valence-corrected chi connectivity index (χ0v) is 15.7. The summed E-state index contributed by atoms with van der Waals surface area (Å²) in [7, 11) is 0. The number of benzene rings is 1. The van der Waals surface area contributed by atoms with Crippen molar-refractivity contribution in [3.8, 4) is 11.1 Å². The number of aromatic nitrogens is 2. The number of hydrogen-bond donors (Lipinski definition) is 1. The fourth-order valence-corrected chi connectivity index (χ4v) is 3.38. The zero-order valence-electron chi connectivity index (χ0n) is 15.7. The van der Waals surface area contributed by atoms with Gasteiger partial charge in [-0.05, 0) is 47.9 Å². The molecule has 0 radical (unpaired) electrons. The van der Waals surface area contributed by atoms with Gasteiger partial charge in [0.05, 0.1) is 17.4 Å². The van der Waals surface area contributed by atoms with Crippen molar-refractivity contribution in [1.82, 2.24) is 15.3 Å². The first-order valence-electron chi connectivity index (χ1n) is 9.17. The molecule has 3 aromatic rings. The first kappa shape index (κ1) is 18.9. The molecule has 1 N–H and O–H groups in total. The highest BCUT2D eigenvalue weighted by atomic mass is 19.2. The molecule has 1 aliphatic rings. The van der Waals surface area contributed by atoms with Crippen molar-refractivity contribution in [1.29, 1.82) is 0 Å². The molecule has 0 saturated heterocycles. The maximum atomic E-state index is 13.6. The molecule has 5 nitrogen and oxygen atoms in total. The maximum absolute atomic E-state index is 13.6. The van der Waals surface area contributed by atoms with Gasteiger partial charge in [0.1, 0.15) is 0 Å². The Morgan fingerprint density at radius 2 is 1.90 bits per heavy atom. The molecule has 1 atom stereocenters. The summed E-state index contributed by atoms with van der Waals surface area (Å²) in [6.45, 7) is 1.42. The third kappa shape index (κ3) is 4.18. The Labute approximate surface area is 166 Å². The van der Waals surface area contributed by atoms with Crippen molar-refractivity contribution < 1.29 is 13.6 Å². The molecular formula is C22H18F2N4O. The van der Waals surface area contributed by atoms with Crippen LogP contribution in [0.5, 0.6) is 0 Å². The third-order valence-corrected chi connectivity index (χ3v) is 4.78. The molecule has 0 spiro atoms. The van der Waals surface area contributed by atoms with Crippen LogP contribution in [0.15, 0.2) is 60.0 Å². The van der Waals surface area contributed by atoms with Crippen LogP contribution >= 0.6 is 0 Å². The highest BCUT2D eigenvalue weighted by Crippen LogP contribution is 2.31. The molecule has 146 valence electrons. The molecular weight excluding hydrogens is 374 g/mol. The second-order valence-corrected chi connectivity index (χ2v) is 6.91.